The second-order valence-corrected chi connectivity index (χ2v) is 7.20. The van der Waals surface area contributed by atoms with Crippen molar-refractivity contribution in [2.75, 3.05) is 14.2 Å². The van der Waals surface area contributed by atoms with E-state index in [1.807, 2.05) is 0 Å². The number of hydrogen-bond acceptors (Lipinski definition) is 5. The number of carbonyl (C=O) groups excluding carboxylic acids is 1. The first-order valence-corrected chi connectivity index (χ1v) is 9.37. The number of phenolic OH excluding ortho intramolecular Hbond substituents is 1. The van der Waals surface area contributed by atoms with Crippen molar-refractivity contribution < 1.29 is 23.4 Å². The van der Waals surface area contributed by atoms with E-state index in [0.717, 1.165) is 23.9 Å². The van der Waals surface area contributed by atoms with E-state index in [2.05, 4.69) is 11.6 Å². The molecule has 5 nitrogen and oxygen atoms in total. The number of benzene rings is 2. The maximum absolute atomic E-state index is 13.9. The molecule has 0 spiro atoms. The van der Waals surface area contributed by atoms with Crippen LogP contribution in [0.25, 0.3) is 6.08 Å². The summed E-state index contributed by atoms with van der Waals surface area (Å²) in [5, 5.41) is 10.5. The van der Waals surface area contributed by atoms with Gasteiger partial charge in [-0.15, -0.1) is 6.58 Å². The Labute approximate surface area is 171 Å². The zero-order valence-electron chi connectivity index (χ0n) is 15.8. The molecule has 150 valence electrons. The third kappa shape index (κ3) is 4.32. The maximum Gasteiger partial charge on any atom is 0.266 e. The third-order valence-corrected chi connectivity index (χ3v) is 5.25. The van der Waals surface area contributed by atoms with Crippen LogP contribution >= 0.6 is 11.8 Å². The van der Waals surface area contributed by atoms with Crippen LogP contribution in [-0.2, 0) is 11.2 Å². The van der Waals surface area contributed by atoms with Crippen LogP contribution in [0.5, 0.6) is 11.5 Å². The Morgan fingerprint density at radius 2 is 2.07 bits per heavy atom. The van der Waals surface area contributed by atoms with Crippen LogP contribution in [0.15, 0.2) is 52.9 Å². The van der Waals surface area contributed by atoms with Crippen LogP contribution in [0.1, 0.15) is 11.1 Å². The summed E-state index contributed by atoms with van der Waals surface area (Å²) < 4.78 is 32.2. The van der Waals surface area contributed by atoms with Crippen LogP contribution < -0.4 is 4.74 Å². The average Bonchev–Trinajstić information content (AvgIpc) is 2.94. The molecular formula is C21H18F2N2O3S. The van der Waals surface area contributed by atoms with Gasteiger partial charge in [-0.05, 0) is 54.1 Å². The predicted molar refractivity (Wildman–Crippen MR) is 110 cm³/mol. The molecule has 1 N–H and O–H groups in total. The number of rotatable bonds is 5. The number of carbonyl (C=O) groups is 1. The Morgan fingerprint density at radius 3 is 2.72 bits per heavy atom. The van der Waals surface area contributed by atoms with Crippen molar-refractivity contribution in [3.05, 3.63) is 70.7 Å². The molecular weight excluding hydrogens is 398 g/mol. The molecule has 1 fully saturated rings. The number of halogens is 2. The van der Waals surface area contributed by atoms with E-state index in [1.54, 1.807) is 24.3 Å². The molecule has 0 aromatic heterocycles. The molecule has 1 amide bonds. The Kier molecular flexibility index (Phi) is 6.03. The van der Waals surface area contributed by atoms with Crippen LogP contribution in [0, 0.1) is 11.6 Å². The van der Waals surface area contributed by atoms with Crippen molar-refractivity contribution in [3.63, 3.8) is 0 Å². The number of aliphatic imine (C=N–C) groups is 1. The molecule has 1 heterocycles. The molecule has 8 heteroatoms. The number of allylic oxidation sites excluding steroid dienone is 1. The topological polar surface area (TPSA) is 62.1 Å². The maximum atomic E-state index is 13.9. The number of amides is 1. The van der Waals surface area contributed by atoms with Crippen molar-refractivity contribution in [2.24, 2.45) is 4.99 Å². The zero-order valence-corrected chi connectivity index (χ0v) is 16.6. The van der Waals surface area contributed by atoms with Gasteiger partial charge in [0.1, 0.15) is 11.5 Å². The van der Waals surface area contributed by atoms with Gasteiger partial charge in [0.05, 0.1) is 12.0 Å². The van der Waals surface area contributed by atoms with Gasteiger partial charge >= 0.3 is 0 Å². The second kappa shape index (κ2) is 8.48. The van der Waals surface area contributed by atoms with Gasteiger partial charge in [-0.1, -0.05) is 6.08 Å². The summed E-state index contributed by atoms with van der Waals surface area (Å²) >= 11 is 1.07. The highest BCUT2D eigenvalue weighted by atomic mass is 32.2. The summed E-state index contributed by atoms with van der Waals surface area (Å²) in [4.78, 5) is 18.4. The molecule has 2 aromatic carbocycles. The fourth-order valence-electron chi connectivity index (χ4n) is 2.72. The predicted octanol–water partition coefficient (Wildman–Crippen LogP) is 4.64. The van der Waals surface area contributed by atoms with Crippen LogP contribution in [0.4, 0.5) is 14.5 Å². The number of ether oxygens (including phenoxy) is 1. The second-order valence-electron chi connectivity index (χ2n) is 6.19. The fraction of sp³-hybridized carbons (Fsp3) is 0.143. The van der Waals surface area contributed by atoms with Gasteiger partial charge in [-0.2, -0.15) is 0 Å². The van der Waals surface area contributed by atoms with Gasteiger partial charge in [0.2, 0.25) is 0 Å². The minimum Gasteiger partial charge on any atom is -0.504 e. The van der Waals surface area contributed by atoms with Gasteiger partial charge in [-0.3, -0.25) is 9.69 Å². The standard InChI is InChI=1S/C21H18F2N2O3S/c1-4-5-13-8-12(9-17(28-3)19(13)26)10-18-20(27)25(2)21(29-18)24-16-7-6-14(22)11-15(16)23/h4,6-11,26H,1,5H2,2-3H3/b18-10+,24-21?. The van der Waals surface area contributed by atoms with E-state index < -0.39 is 11.6 Å². The summed E-state index contributed by atoms with van der Waals surface area (Å²) in [6, 6.07) is 6.39. The lowest BCUT2D eigenvalue weighted by Gasteiger charge is -2.09. The highest BCUT2D eigenvalue weighted by Gasteiger charge is 2.30. The van der Waals surface area contributed by atoms with Gasteiger partial charge in [0, 0.05) is 18.7 Å². The summed E-state index contributed by atoms with van der Waals surface area (Å²) in [6.07, 6.45) is 3.72. The van der Waals surface area contributed by atoms with E-state index >= 15 is 0 Å². The van der Waals surface area contributed by atoms with E-state index in [9.17, 15) is 18.7 Å². The Balaban J connectivity index is 1.97. The first-order chi connectivity index (χ1) is 13.8. The molecule has 2 aromatic rings. The number of methoxy groups -OCH3 is 1. The molecule has 3 rings (SSSR count). The molecule has 0 atom stereocenters. The quantitative estimate of drug-likeness (QED) is 0.570. The molecule has 1 aliphatic heterocycles. The van der Waals surface area contributed by atoms with Crippen molar-refractivity contribution in [2.45, 2.75) is 6.42 Å². The lowest BCUT2D eigenvalue weighted by molar-refractivity contribution is -0.121. The molecule has 0 unspecified atom stereocenters. The van der Waals surface area contributed by atoms with Crippen LogP contribution in [0.3, 0.4) is 0 Å². The van der Waals surface area contributed by atoms with Crippen molar-refractivity contribution >= 4 is 34.6 Å². The number of nitrogens with zero attached hydrogens (tertiary/aromatic N) is 2. The number of aromatic hydroxyl groups is 1. The zero-order chi connectivity index (χ0) is 21.1. The average molecular weight is 416 g/mol. The third-order valence-electron chi connectivity index (χ3n) is 4.19. The van der Waals surface area contributed by atoms with Crippen LogP contribution in [-0.4, -0.2) is 35.2 Å². The number of phenols is 1. The number of hydrogen-bond donors (Lipinski definition) is 1. The fourth-order valence-corrected chi connectivity index (χ4v) is 3.70. The summed E-state index contributed by atoms with van der Waals surface area (Å²) in [5.41, 5.74) is 1.20. The van der Waals surface area contributed by atoms with Crippen LogP contribution in [0.2, 0.25) is 0 Å². The first-order valence-electron chi connectivity index (χ1n) is 8.56. The molecule has 0 bridgehead atoms. The minimum absolute atomic E-state index is 0.0195. The highest BCUT2D eigenvalue weighted by Crippen LogP contribution is 2.37. The van der Waals surface area contributed by atoms with Crippen molar-refractivity contribution in [3.8, 4) is 11.5 Å². The van der Waals surface area contributed by atoms with Gasteiger partial charge in [0.25, 0.3) is 5.91 Å². The highest BCUT2D eigenvalue weighted by molar-refractivity contribution is 8.18. The first kappa shape index (κ1) is 20.6. The number of thioether (sulfide) groups is 1. The Morgan fingerprint density at radius 1 is 1.31 bits per heavy atom. The van der Waals surface area contributed by atoms with E-state index in [1.165, 1.54) is 25.1 Å². The van der Waals surface area contributed by atoms with E-state index in [0.29, 0.717) is 22.5 Å². The molecule has 29 heavy (non-hydrogen) atoms. The molecule has 1 saturated heterocycles. The Bertz CT molecular complexity index is 1050. The molecule has 0 aliphatic carbocycles. The van der Waals surface area contributed by atoms with Gasteiger partial charge in [-0.25, -0.2) is 13.8 Å². The normalized spacial score (nSPS) is 16.7. The summed E-state index contributed by atoms with van der Waals surface area (Å²) in [7, 11) is 2.96. The monoisotopic (exact) mass is 416 g/mol. The van der Waals surface area contributed by atoms with Gasteiger partial charge in [0.15, 0.2) is 22.5 Å². The van der Waals surface area contributed by atoms with E-state index in [-0.39, 0.29) is 28.3 Å². The summed E-state index contributed by atoms with van der Waals surface area (Å²) in [6.45, 7) is 3.67. The van der Waals surface area contributed by atoms with Crippen molar-refractivity contribution in [1.29, 1.82) is 0 Å². The van der Waals surface area contributed by atoms with E-state index in [4.69, 9.17) is 4.74 Å². The smallest absolute Gasteiger partial charge is 0.266 e. The lowest BCUT2D eigenvalue weighted by atomic mass is 10.1. The molecule has 0 radical (unpaired) electrons. The lowest BCUT2D eigenvalue weighted by Crippen LogP contribution is -2.23. The minimum atomic E-state index is -0.811. The Hall–Kier alpha value is -3.13. The van der Waals surface area contributed by atoms with Crippen molar-refractivity contribution in [1.82, 2.24) is 4.90 Å². The number of amidine groups is 1. The molecule has 0 saturated carbocycles. The number of likely N-dealkylation sites (N-methyl/N-ethyl adjacent to an activating group) is 1. The summed E-state index contributed by atoms with van der Waals surface area (Å²) in [5.74, 6) is -1.53. The SMILES string of the molecule is C=CCc1cc(/C=C2/SC(=Nc3ccc(F)cc3F)N(C)C2=O)cc(OC)c1O. The molecule has 1 aliphatic rings. The largest absolute Gasteiger partial charge is 0.504 e. The van der Waals surface area contributed by atoms with Gasteiger partial charge < -0.3 is 9.84 Å².